The van der Waals surface area contributed by atoms with Crippen LogP contribution in [-0.2, 0) is 6.42 Å². The van der Waals surface area contributed by atoms with Crippen LogP contribution >= 0.6 is 0 Å². The summed E-state index contributed by atoms with van der Waals surface area (Å²) in [5.41, 5.74) is 1.28. The van der Waals surface area contributed by atoms with Crippen LogP contribution < -0.4 is 5.32 Å². The molecule has 3 nitrogen and oxygen atoms in total. The van der Waals surface area contributed by atoms with Crippen molar-refractivity contribution in [1.29, 1.82) is 0 Å². The van der Waals surface area contributed by atoms with E-state index in [0.29, 0.717) is 12.0 Å². The number of nitrogens with zero attached hydrogens (tertiary/aromatic N) is 1. The highest BCUT2D eigenvalue weighted by molar-refractivity contribution is 5.07. The molecule has 2 rings (SSSR count). The summed E-state index contributed by atoms with van der Waals surface area (Å²) in [6.45, 7) is 5.62. The van der Waals surface area contributed by atoms with Gasteiger partial charge in [-0.15, -0.1) is 0 Å². The monoisotopic (exact) mass is 207 g/mol. The van der Waals surface area contributed by atoms with Crippen molar-refractivity contribution >= 4 is 0 Å². The fourth-order valence-corrected chi connectivity index (χ4v) is 2.12. The molecular formula is C12H21N3. The molecule has 3 heteroatoms. The molecule has 0 radical (unpaired) electrons. The van der Waals surface area contributed by atoms with Gasteiger partial charge < -0.3 is 10.3 Å². The third kappa shape index (κ3) is 2.59. The van der Waals surface area contributed by atoms with Crippen molar-refractivity contribution in [2.45, 2.75) is 51.5 Å². The van der Waals surface area contributed by atoms with Crippen LogP contribution in [0, 0.1) is 0 Å². The van der Waals surface area contributed by atoms with Gasteiger partial charge in [-0.05, 0) is 31.7 Å². The van der Waals surface area contributed by atoms with Crippen LogP contribution in [0.1, 0.15) is 50.5 Å². The van der Waals surface area contributed by atoms with Crippen molar-refractivity contribution in [3.63, 3.8) is 0 Å². The lowest BCUT2D eigenvalue weighted by Gasteiger charge is -2.07. The smallest absolute Gasteiger partial charge is 0.107 e. The highest BCUT2D eigenvalue weighted by Crippen LogP contribution is 2.17. The second-order valence-corrected chi connectivity index (χ2v) is 4.59. The molecule has 0 amide bonds. The number of hydrogen-bond donors (Lipinski definition) is 2. The third-order valence-corrected chi connectivity index (χ3v) is 3.39. The van der Waals surface area contributed by atoms with E-state index in [0.717, 1.165) is 12.2 Å². The fourth-order valence-electron chi connectivity index (χ4n) is 2.12. The molecule has 84 valence electrons. The number of nitrogens with one attached hydrogen (secondary N) is 2. The van der Waals surface area contributed by atoms with E-state index in [4.69, 9.17) is 0 Å². The van der Waals surface area contributed by atoms with Crippen molar-refractivity contribution in [1.82, 2.24) is 15.3 Å². The van der Waals surface area contributed by atoms with Gasteiger partial charge in [-0.25, -0.2) is 4.98 Å². The Labute approximate surface area is 91.7 Å². The summed E-state index contributed by atoms with van der Waals surface area (Å²) in [6.07, 6.45) is 6.82. The zero-order chi connectivity index (χ0) is 10.7. The van der Waals surface area contributed by atoms with Crippen molar-refractivity contribution < 1.29 is 0 Å². The molecule has 2 atom stereocenters. The van der Waals surface area contributed by atoms with E-state index in [1.54, 1.807) is 0 Å². The van der Waals surface area contributed by atoms with Crippen LogP contribution in [-0.4, -0.2) is 22.6 Å². The van der Waals surface area contributed by atoms with E-state index in [1.807, 2.05) is 6.20 Å². The molecule has 0 bridgehead atoms. The van der Waals surface area contributed by atoms with Crippen LogP contribution in [0.5, 0.6) is 0 Å². The van der Waals surface area contributed by atoms with Gasteiger partial charge in [-0.3, -0.25) is 0 Å². The maximum Gasteiger partial charge on any atom is 0.107 e. The molecule has 0 aromatic carbocycles. The number of imidazole rings is 1. The summed E-state index contributed by atoms with van der Waals surface area (Å²) in [5.74, 6) is 1.74. The average Bonchev–Trinajstić information content (AvgIpc) is 2.88. The second kappa shape index (κ2) is 4.79. The molecule has 2 N–H and O–H groups in total. The van der Waals surface area contributed by atoms with Gasteiger partial charge in [0.25, 0.3) is 0 Å². The minimum Gasteiger partial charge on any atom is -0.346 e. The molecule has 0 aliphatic carbocycles. The number of rotatable bonds is 4. The molecule has 0 spiro atoms. The van der Waals surface area contributed by atoms with Crippen molar-refractivity contribution in [3.05, 3.63) is 17.7 Å². The first-order valence-electron chi connectivity index (χ1n) is 6.06. The fraction of sp³-hybridized carbons (Fsp3) is 0.750. The molecule has 15 heavy (non-hydrogen) atoms. The van der Waals surface area contributed by atoms with Crippen molar-refractivity contribution in [3.8, 4) is 0 Å². The molecule has 1 aliphatic heterocycles. The molecule has 2 heterocycles. The number of hydrogen-bond acceptors (Lipinski definition) is 2. The van der Waals surface area contributed by atoms with E-state index < -0.39 is 0 Å². The molecule has 1 saturated heterocycles. The number of aromatic amines is 1. The Morgan fingerprint density at radius 3 is 3.13 bits per heavy atom. The quantitative estimate of drug-likeness (QED) is 0.794. The predicted molar refractivity (Wildman–Crippen MR) is 62.0 cm³/mol. The van der Waals surface area contributed by atoms with Crippen LogP contribution in [0.4, 0.5) is 0 Å². The van der Waals surface area contributed by atoms with Crippen LogP contribution in [0.15, 0.2) is 6.20 Å². The lowest BCUT2D eigenvalue weighted by atomic mass is 10.1. The van der Waals surface area contributed by atoms with Gasteiger partial charge in [0, 0.05) is 24.4 Å². The van der Waals surface area contributed by atoms with Gasteiger partial charge in [-0.2, -0.15) is 0 Å². The SMILES string of the molecule is CCC(C)c1cnc(CC2CCCN2)[nH]1. The van der Waals surface area contributed by atoms with Gasteiger partial charge >= 0.3 is 0 Å². The van der Waals surface area contributed by atoms with E-state index in [9.17, 15) is 0 Å². The molecule has 1 aromatic rings. The zero-order valence-corrected chi connectivity index (χ0v) is 9.71. The molecule has 0 saturated carbocycles. The van der Waals surface area contributed by atoms with Crippen molar-refractivity contribution in [2.75, 3.05) is 6.54 Å². The highest BCUT2D eigenvalue weighted by atomic mass is 15.0. The normalized spacial score (nSPS) is 23.2. The summed E-state index contributed by atoms with van der Waals surface area (Å²) in [6, 6.07) is 0.640. The third-order valence-electron chi connectivity index (χ3n) is 3.39. The molecule has 1 aromatic heterocycles. The molecule has 1 aliphatic rings. The highest BCUT2D eigenvalue weighted by Gasteiger charge is 2.16. The second-order valence-electron chi connectivity index (χ2n) is 4.59. The lowest BCUT2D eigenvalue weighted by Crippen LogP contribution is -2.24. The van der Waals surface area contributed by atoms with E-state index >= 15 is 0 Å². The Morgan fingerprint density at radius 2 is 2.47 bits per heavy atom. The summed E-state index contributed by atoms with van der Waals surface area (Å²) in [5, 5.41) is 3.50. The number of H-pyrrole nitrogens is 1. The minimum absolute atomic E-state index is 0.600. The molecule has 2 unspecified atom stereocenters. The summed E-state index contributed by atoms with van der Waals surface area (Å²) in [4.78, 5) is 7.89. The first-order chi connectivity index (χ1) is 7.29. The minimum atomic E-state index is 0.600. The standard InChI is InChI=1S/C12H21N3/c1-3-9(2)11-8-14-12(15-11)7-10-5-4-6-13-10/h8-10,13H,3-7H2,1-2H3,(H,14,15). The molecular weight excluding hydrogens is 186 g/mol. The lowest BCUT2D eigenvalue weighted by molar-refractivity contribution is 0.586. The Kier molecular flexibility index (Phi) is 3.41. The van der Waals surface area contributed by atoms with Crippen molar-refractivity contribution in [2.24, 2.45) is 0 Å². The first-order valence-corrected chi connectivity index (χ1v) is 6.06. The Morgan fingerprint density at radius 1 is 1.60 bits per heavy atom. The van der Waals surface area contributed by atoms with E-state index in [1.165, 1.54) is 31.5 Å². The van der Waals surface area contributed by atoms with Gasteiger partial charge in [0.1, 0.15) is 5.82 Å². The van der Waals surface area contributed by atoms with Crippen LogP contribution in [0.3, 0.4) is 0 Å². The summed E-state index contributed by atoms with van der Waals surface area (Å²) in [7, 11) is 0. The maximum atomic E-state index is 4.45. The van der Waals surface area contributed by atoms with Gasteiger partial charge in [-0.1, -0.05) is 13.8 Å². The van der Waals surface area contributed by atoms with Gasteiger partial charge in [0.2, 0.25) is 0 Å². The van der Waals surface area contributed by atoms with Crippen LogP contribution in [0.25, 0.3) is 0 Å². The zero-order valence-electron chi connectivity index (χ0n) is 9.71. The topological polar surface area (TPSA) is 40.7 Å². The van der Waals surface area contributed by atoms with E-state index in [2.05, 4.69) is 29.1 Å². The van der Waals surface area contributed by atoms with E-state index in [-0.39, 0.29) is 0 Å². The average molecular weight is 207 g/mol. The predicted octanol–water partition coefficient (Wildman–Crippen LogP) is 2.22. The first kappa shape index (κ1) is 10.7. The van der Waals surface area contributed by atoms with Gasteiger partial charge in [0.15, 0.2) is 0 Å². The largest absolute Gasteiger partial charge is 0.346 e. The Hall–Kier alpha value is -0.830. The Bertz CT molecular complexity index is 300. The van der Waals surface area contributed by atoms with Gasteiger partial charge in [0.05, 0.1) is 0 Å². The Balaban J connectivity index is 1.94. The number of aromatic nitrogens is 2. The van der Waals surface area contributed by atoms with Crippen LogP contribution in [0.2, 0.25) is 0 Å². The summed E-state index contributed by atoms with van der Waals surface area (Å²) >= 11 is 0. The maximum absolute atomic E-state index is 4.45. The molecule has 1 fully saturated rings. The summed E-state index contributed by atoms with van der Waals surface area (Å²) < 4.78 is 0.